The molecule has 0 aliphatic carbocycles. The van der Waals surface area contributed by atoms with Crippen LogP contribution in [0.3, 0.4) is 0 Å². The van der Waals surface area contributed by atoms with Crippen molar-refractivity contribution in [1.82, 2.24) is 19.9 Å². The van der Waals surface area contributed by atoms with Crippen LogP contribution in [0, 0.1) is 4.64 Å². The maximum Gasteiger partial charge on any atom is 0.159 e. The number of aromatic amines is 1. The van der Waals surface area contributed by atoms with Gasteiger partial charge in [-0.1, -0.05) is 12.2 Å². The lowest BCUT2D eigenvalue weighted by atomic mass is 10.3. The fraction of sp³-hybridized carbons (Fsp3) is 0.200. The third-order valence-corrected chi connectivity index (χ3v) is 3.44. The Kier molecular flexibility index (Phi) is 3.93. The summed E-state index contributed by atoms with van der Waals surface area (Å²) in [5.41, 5.74) is 1.47. The molecule has 5 nitrogen and oxygen atoms in total. The lowest BCUT2D eigenvalue weighted by Crippen LogP contribution is -2.01. The van der Waals surface area contributed by atoms with Crippen LogP contribution in [-0.2, 0) is 11.3 Å². The molecule has 0 saturated carbocycles. The molecular formula is C10H9BrN4OS. The number of aromatic nitrogens is 4. The third-order valence-electron chi connectivity index (χ3n) is 2.03. The van der Waals surface area contributed by atoms with Gasteiger partial charge in [0, 0.05) is 19.5 Å². The van der Waals surface area contributed by atoms with Gasteiger partial charge in [-0.2, -0.15) is 0 Å². The van der Waals surface area contributed by atoms with E-state index in [0.717, 1.165) is 10.2 Å². The third kappa shape index (κ3) is 2.74. The Bertz CT molecular complexity index is 572. The van der Waals surface area contributed by atoms with E-state index in [1.807, 2.05) is 0 Å². The first-order valence-electron chi connectivity index (χ1n) is 4.76. The second kappa shape index (κ2) is 5.44. The lowest BCUT2D eigenvalue weighted by molar-refractivity contribution is 0.181. The number of hydrogen-bond acceptors (Lipinski definition) is 5. The highest BCUT2D eigenvalue weighted by molar-refractivity contribution is 9.10. The lowest BCUT2D eigenvalue weighted by Gasteiger charge is -2.06. The van der Waals surface area contributed by atoms with Crippen molar-refractivity contribution in [1.29, 1.82) is 0 Å². The van der Waals surface area contributed by atoms with Crippen LogP contribution in [0.1, 0.15) is 5.69 Å². The molecular weight excluding hydrogens is 304 g/mol. The highest BCUT2D eigenvalue weighted by Crippen LogP contribution is 2.20. The summed E-state index contributed by atoms with van der Waals surface area (Å²) >= 11 is 8.53. The Labute approximate surface area is 111 Å². The fourth-order valence-electron chi connectivity index (χ4n) is 1.29. The normalized spacial score (nSPS) is 10.5. The van der Waals surface area contributed by atoms with Crippen molar-refractivity contribution in [2.24, 2.45) is 0 Å². The summed E-state index contributed by atoms with van der Waals surface area (Å²) in [6.07, 6.45) is 4.83. The molecule has 0 fully saturated rings. The van der Waals surface area contributed by atoms with E-state index in [-0.39, 0.29) is 0 Å². The zero-order chi connectivity index (χ0) is 12.3. The van der Waals surface area contributed by atoms with Gasteiger partial charge in [-0.3, -0.25) is 4.98 Å². The number of rotatable bonds is 3. The van der Waals surface area contributed by atoms with Gasteiger partial charge in [0.1, 0.15) is 10.3 Å². The molecule has 2 rings (SSSR count). The van der Waals surface area contributed by atoms with Crippen molar-refractivity contribution in [3.63, 3.8) is 0 Å². The van der Waals surface area contributed by atoms with Gasteiger partial charge in [0.2, 0.25) is 0 Å². The zero-order valence-corrected chi connectivity index (χ0v) is 11.4. The molecule has 2 aromatic rings. The van der Waals surface area contributed by atoms with Gasteiger partial charge in [0.15, 0.2) is 5.82 Å². The Morgan fingerprint density at radius 1 is 1.47 bits per heavy atom. The smallest absolute Gasteiger partial charge is 0.159 e. The second-order valence-electron chi connectivity index (χ2n) is 3.21. The van der Waals surface area contributed by atoms with E-state index in [4.69, 9.17) is 17.0 Å². The van der Waals surface area contributed by atoms with Crippen molar-refractivity contribution >= 4 is 28.1 Å². The van der Waals surface area contributed by atoms with Crippen molar-refractivity contribution in [3.05, 3.63) is 33.4 Å². The molecule has 0 radical (unpaired) electrons. The quantitative estimate of drug-likeness (QED) is 0.882. The predicted octanol–water partition coefficient (Wildman–Crippen LogP) is 2.51. The molecule has 7 heteroatoms. The summed E-state index contributed by atoms with van der Waals surface area (Å²) < 4.78 is 6.29. The minimum Gasteiger partial charge on any atom is -0.378 e. The topological polar surface area (TPSA) is 63.7 Å². The molecule has 2 aromatic heterocycles. The van der Waals surface area contributed by atoms with Crippen LogP contribution in [-0.4, -0.2) is 27.0 Å². The van der Waals surface area contributed by atoms with Crippen molar-refractivity contribution in [3.8, 4) is 11.5 Å². The summed E-state index contributed by atoms with van der Waals surface area (Å²) in [6, 6.07) is 0. The summed E-state index contributed by atoms with van der Waals surface area (Å²) in [7, 11) is 1.62. The van der Waals surface area contributed by atoms with Gasteiger partial charge in [-0.05, 0) is 15.9 Å². The van der Waals surface area contributed by atoms with Crippen molar-refractivity contribution < 1.29 is 4.74 Å². The van der Waals surface area contributed by atoms with E-state index in [1.165, 1.54) is 0 Å². The van der Waals surface area contributed by atoms with E-state index >= 15 is 0 Å². The maximum atomic E-state index is 5.16. The van der Waals surface area contributed by atoms with Gasteiger partial charge >= 0.3 is 0 Å². The van der Waals surface area contributed by atoms with Gasteiger partial charge in [0.25, 0.3) is 0 Å². The van der Waals surface area contributed by atoms with E-state index in [2.05, 4.69) is 35.9 Å². The molecule has 0 amide bonds. The summed E-state index contributed by atoms with van der Waals surface area (Å²) in [4.78, 5) is 15.5. The van der Waals surface area contributed by atoms with Crippen LogP contribution < -0.4 is 0 Å². The number of hydrogen-bond donors (Lipinski definition) is 1. The Hall–Kier alpha value is -1.18. The maximum absolute atomic E-state index is 5.16. The molecule has 0 unspecified atom stereocenters. The van der Waals surface area contributed by atoms with Crippen LogP contribution in [0.2, 0.25) is 0 Å². The molecule has 1 N–H and O–H groups in total. The highest BCUT2D eigenvalue weighted by atomic mass is 79.9. The van der Waals surface area contributed by atoms with Gasteiger partial charge < -0.3 is 9.72 Å². The van der Waals surface area contributed by atoms with E-state index in [9.17, 15) is 0 Å². The fourth-order valence-corrected chi connectivity index (χ4v) is 1.81. The standard InChI is InChI=1S/C10H9BrN4OS/c1-16-5-7-8(11)10(17)15-9(14-7)6-4-12-2-3-13-6/h2-4H,5H2,1H3,(H,14,15,17). The van der Waals surface area contributed by atoms with Gasteiger partial charge in [0.05, 0.1) is 23.0 Å². The first kappa shape index (κ1) is 12.3. The van der Waals surface area contributed by atoms with E-state index in [0.29, 0.717) is 22.8 Å². The largest absolute Gasteiger partial charge is 0.378 e. The SMILES string of the molecule is COCc1[nH]c(-c2cnccn2)nc(=S)c1Br. The molecule has 88 valence electrons. The summed E-state index contributed by atoms with van der Waals surface area (Å²) in [5.74, 6) is 0.582. The Morgan fingerprint density at radius 2 is 2.29 bits per heavy atom. The Balaban J connectivity index is 2.53. The van der Waals surface area contributed by atoms with Crippen LogP contribution in [0.5, 0.6) is 0 Å². The molecule has 0 spiro atoms. The zero-order valence-electron chi connectivity index (χ0n) is 8.98. The van der Waals surface area contributed by atoms with Gasteiger partial charge in [-0.15, -0.1) is 0 Å². The van der Waals surface area contributed by atoms with Crippen LogP contribution in [0.15, 0.2) is 23.1 Å². The molecule has 0 aromatic carbocycles. The minimum absolute atomic E-state index is 0.417. The molecule has 0 saturated heterocycles. The summed E-state index contributed by atoms with van der Waals surface area (Å²) in [5, 5.41) is 0. The van der Waals surface area contributed by atoms with Crippen LogP contribution in [0.25, 0.3) is 11.5 Å². The number of methoxy groups -OCH3 is 1. The number of nitrogens with one attached hydrogen (secondary N) is 1. The monoisotopic (exact) mass is 312 g/mol. The van der Waals surface area contributed by atoms with Crippen LogP contribution >= 0.6 is 28.1 Å². The highest BCUT2D eigenvalue weighted by Gasteiger charge is 2.08. The first-order valence-corrected chi connectivity index (χ1v) is 5.96. The minimum atomic E-state index is 0.417. The van der Waals surface area contributed by atoms with Crippen molar-refractivity contribution in [2.75, 3.05) is 7.11 Å². The number of H-pyrrole nitrogens is 1. The molecule has 17 heavy (non-hydrogen) atoms. The molecule has 0 atom stereocenters. The van der Waals surface area contributed by atoms with Crippen molar-refractivity contribution in [2.45, 2.75) is 6.61 Å². The van der Waals surface area contributed by atoms with Gasteiger partial charge in [-0.25, -0.2) is 9.97 Å². The molecule has 0 aliphatic heterocycles. The second-order valence-corrected chi connectivity index (χ2v) is 4.39. The summed E-state index contributed by atoms with van der Waals surface area (Å²) in [6.45, 7) is 0.417. The number of nitrogens with zero attached hydrogens (tertiary/aromatic N) is 3. The van der Waals surface area contributed by atoms with Crippen LogP contribution in [0.4, 0.5) is 0 Å². The molecule has 0 bridgehead atoms. The Morgan fingerprint density at radius 3 is 2.94 bits per heavy atom. The first-order chi connectivity index (χ1) is 8.22. The average Bonchev–Trinajstić information content (AvgIpc) is 2.36. The van der Waals surface area contributed by atoms with E-state index in [1.54, 1.807) is 25.7 Å². The molecule has 0 aliphatic rings. The average molecular weight is 313 g/mol. The number of ether oxygens (including phenoxy) is 1. The van der Waals surface area contributed by atoms with E-state index < -0.39 is 0 Å². The predicted molar refractivity (Wildman–Crippen MR) is 68.9 cm³/mol. The molecule has 2 heterocycles. The number of halogens is 1.